The summed E-state index contributed by atoms with van der Waals surface area (Å²) >= 11 is 7.37. The van der Waals surface area contributed by atoms with E-state index in [0.29, 0.717) is 47.3 Å². The van der Waals surface area contributed by atoms with Gasteiger partial charge in [-0.25, -0.2) is 22.2 Å². The molecule has 5 nitrogen and oxygen atoms in total. The maximum absolute atomic E-state index is 13.5. The Kier molecular flexibility index (Phi) is 6.18. The first-order chi connectivity index (χ1) is 14.8. The van der Waals surface area contributed by atoms with Crippen LogP contribution in [0.25, 0.3) is 11.3 Å². The zero-order chi connectivity index (χ0) is 22.2. The molecule has 0 radical (unpaired) electrons. The van der Waals surface area contributed by atoms with Crippen LogP contribution >= 0.6 is 22.9 Å². The van der Waals surface area contributed by atoms with Crippen LogP contribution in [-0.2, 0) is 9.84 Å². The Morgan fingerprint density at radius 3 is 2.45 bits per heavy atom. The van der Waals surface area contributed by atoms with Gasteiger partial charge in [-0.05, 0) is 43.2 Å². The zero-order valence-corrected chi connectivity index (χ0v) is 18.9. The molecular weight excluding hydrogens is 466 g/mol. The van der Waals surface area contributed by atoms with Crippen LogP contribution in [0.1, 0.15) is 12.8 Å². The topological polar surface area (TPSA) is 59.5 Å². The number of rotatable bonds is 5. The summed E-state index contributed by atoms with van der Waals surface area (Å²) in [6.45, 7) is 0.995. The highest BCUT2D eigenvalue weighted by Crippen LogP contribution is 2.35. The first-order valence-corrected chi connectivity index (χ1v) is 12.3. The van der Waals surface area contributed by atoms with Crippen LogP contribution in [0.4, 0.5) is 13.9 Å². The van der Waals surface area contributed by atoms with Gasteiger partial charge in [-0.15, -0.1) is 11.3 Å². The molecule has 0 N–H and O–H groups in total. The number of methoxy groups -OCH3 is 1. The van der Waals surface area contributed by atoms with E-state index in [1.807, 2.05) is 4.90 Å². The van der Waals surface area contributed by atoms with Crippen molar-refractivity contribution in [1.29, 1.82) is 0 Å². The molecule has 164 valence electrons. The van der Waals surface area contributed by atoms with Crippen LogP contribution in [-0.4, -0.2) is 38.9 Å². The second kappa shape index (κ2) is 8.72. The fourth-order valence-electron chi connectivity index (χ4n) is 3.65. The van der Waals surface area contributed by atoms with Gasteiger partial charge in [0, 0.05) is 35.1 Å². The molecule has 1 saturated heterocycles. The van der Waals surface area contributed by atoms with Crippen molar-refractivity contribution in [3.63, 3.8) is 0 Å². The van der Waals surface area contributed by atoms with Gasteiger partial charge >= 0.3 is 0 Å². The Hall–Kier alpha value is -2.23. The SMILES string of the molecule is COc1ccc(Cl)cc1S(=O)(=O)C1CCN(c2nc(-c3cc(F)cc(F)c3)cs2)CC1. The van der Waals surface area contributed by atoms with Gasteiger partial charge in [-0.2, -0.15) is 0 Å². The minimum Gasteiger partial charge on any atom is -0.495 e. The highest BCUT2D eigenvalue weighted by molar-refractivity contribution is 7.92. The number of aromatic nitrogens is 1. The molecule has 2 heterocycles. The lowest BCUT2D eigenvalue weighted by molar-refractivity contribution is 0.402. The smallest absolute Gasteiger partial charge is 0.185 e. The first-order valence-electron chi connectivity index (χ1n) is 9.52. The van der Waals surface area contributed by atoms with Crippen molar-refractivity contribution >= 4 is 37.9 Å². The molecule has 1 aromatic heterocycles. The van der Waals surface area contributed by atoms with Gasteiger partial charge in [0.05, 0.1) is 18.1 Å². The maximum atomic E-state index is 13.5. The number of hydrogen-bond acceptors (Lipinski definition) is 6. The van der Waals surface area contributed by atoms with Crippen LogP contribution in [0.3, 0.4) is 0 Å². The molecule has 0 amide bonds. The minimum absolute atomic E-state index is 0.102. The average Bonchev–Trinajstić information content (AvgIpc) is 3.23. The number of sulfone groups is 1. The van der Waals surface area contributed by atoms with Crippen LogP contribution in [0.15, 0.2) is 46.7 Å². The molecule has 0 unspecified atom stereocenters. The third-order valence-electron chi connectivity index (χ3n) is 5.23. The molecule has 10 heteroatoms. The third kappa shape index (κ3) is 4.53. The molecule has 0 atom stereocenters. The van der Waals surface area contributed by atoms with Crippen molar-refractivity contribution in [3.05, 3.63) is 58.4 Å². The maximum Gasteiger partial charge on any atom is 0.185 e. The summed E-state index contributed by atoms with van der Waals surface area (Å²) in [5.74, 6) is -1.04. The minimum atomic E-state index is -3.62. The molecule has 0 saturated carbocycles. The Balaban J connectivity index is 1.49. The molecule has 0 bridgehead atoms. The summed E-state index contributed by atoms with van der Waals surface area (Å²) in [6.07, 6.45) is 0.836. The predicted molar refractivity (Wildman–Crippen MR) is 118 cm³/mol. The molecule has 2 aromatic carbocycles. The van der Waals surface area contributed by atoms with E-state index in [-0.39, 0.29) is 10.6 Å². The van der Waals surface area contributed by atoms with Gasteiger partial charge < -0.3 is 9.64 Å². The molecule has 1 fully saturated rings. The van der Waals surface area contributed by atoms with E-state index in [4.69, 9.17) is 16.3 Å². The number of piperidine rings is 1. The lowest BCUT2D eigenvalue weighted by Crippen LogP contribution is -2.39. The van der Waals surface area contributed by atoms with E-state index in [1.165, 1.54) is 36.6 Å². The molecule has 3 aromatic rings. The quantitative estimate of drug-likeness (QED) is 0.498. The van der Waals surface area contributed by atoms with E-state index >= 15 is 0 Å². The van der Waals surface area contributed by atoms with Crippen molar-refractivity contribution in [1.82, 2.24) is 4.98 Å². The van der Waals surface area contributed by atoms with Crippen molar-refractivity contribution < 1.29 is 21.9 Å². The van der Waals surface area contributed by atoms with Gasteiger partial charge in [0.1, 0.15) is 22.3 Å². The van der Waals surface area contributed by atoms with E-state index in [1.54, 1.807) is 17.5 Å². The number of nitrogens with zero attached hydrogens (tertiary/aromatic N) is 2. The Morgan fingerprint density at radius 2 is 1.81 bits per heavy atom. The van der Waals surface area contributed by atoms with Gasteiger partial charge in [0.15, 0.2) is 15.0 Å². The summed E-state index contributed by atoms with van der Waals surface area (Å²) in [4.78, 5) is 6.59. The average molecular weight is 485 g/mol. The van der Waals surface area contributed by atoms with Crippen molar-refractivity contribution in [3.8, 4) is 17.0 Å². The molecule has 0 spiro atoms. The van der Waals surface area contributed by atoms with Gasteiger partial charge in [-0.3, -0.25) is 0 Å². The number of ether oxygens (including phenoxy) is 1. The molecule has 0 aliphatic carbocycles. The third-order valence-corrected chi connectivity index (χ3v) is 8.65. The number of thiazole rings is 1. The number of halogens is 3. The van der Waals surface area contributed by atoms with Crippen LogP contribution in [0.5, 0.6) is 5.75 Å². The second-order valence-corrected chi connectivity index (χ2v) is 10.7. The van der Waals surface area contributed by atoms with Crippen LogP contribution in [0.2, 0.25) is 5.02 Å². The largest absolute Gasteiger partial charge is 0.495 e. The second-order valence-electron chi connectivity index (χ2n) is 7.20. The van der Waals surface area contributed by atoms with Crippen molar-refractivity contribution in [2.75, 3.05) is 25.1 Å². The summed E-state index contributed by atoms with van der Waals surface area (Å²) in [5, 5.41) is 2.20. The van der Waals surface area contributed by atoms with Crippen molar-refractivity contribution in [2.45, 2.75) is 23.0 Å². The van der Waals surface area contributed by atoms with Gasteiger partial charge in [-0.1, -0.05) is 11.6 Å². The Bertz CT molecular complexity index is 1190. The van der Waals surface area contributed by atoms with E-state index in [9.17, 15) is 17.2 Å². The van der Waals surface area contributed by atoms with Crippen LogP contribution < -0.4 is 9.64 Å². The highest BCUT2D eigenvalue weighted by atomic mass is 35.5. The Labute approximate surface area is 188 Å². The first kappa shape index (κ1) is 22.0. The predicted octanol–water partition coefficient (Wildman–Crippen LogP) is 5.19. The lowest BCUT2D eigenvalue weighted by atomic mass is 10.1. The molecule has 31 heavy (non-hydrogen) atoms. The molecular formula is C21H19ClF2N2O3S2. The fraction of sp³-hybridized carbons (Fsp3) is 0.286. The number of benzene rings is 2. The summed E-state index contributed by atoms with van der Waals surface area (Å²) in [6, 6.07) is 7.85. The summed E-state index contributed by atoms with van der Waals surface area (Å²) in [5.41, 5.74) is 0.849. The number of anilines is 1. The molecule has 1 aliphatic heterocycles. The molecule has 4 rings (SSSR count). The summed E-state index contributed by atoms with van der Waals surface area (Å²) in [7, 11) is -2.19. The van der Waals surface area contributed by atoms with E-state index in [2.05, 4.69) is 4.98 Å². The Morgan fingerprint density at radius 1 is 1.13 bits per heavy atom. The van der Waals surface area contributed by atoms with E-state index in [0.717, 1.165) is 6.07 Å². The monoisotopic (exact) mass is 484 g/mol. The zero-order valence-electron chi connectivity index (χ0n) is 16.5. The van der Waals surface area contributed by atoms with E-state index < -0.39 is 26.7 Å². The van der Waals surface area contributed by atoms with Gasteiger partial charge in [0.2, 0.25) is 0 Å². The van der Waals surface area contributed by atoms with Crippen LogP contribution in [0, 0.1) is 11.6 Å². The summed E-state index contributed by atoms with van der Waals surface area (Å²) < 4.78 is 58.6. The van der Waals surface area contributed by atoms with Crippen molar-refractivity contribution in [2.24, 2.45) is 0 Å². The fourth-order valence-corrected chi connectivity index (χ4v) is 6.69. The molecule has 1 aliphatic rings. The highest BCUT2D eigenvalue weighted by Gasteiger charge is 2.34. The number of hydrogen-bond donors (Lipinski definition) is 0. The normalized spacial score (nSPS) is 15.3. The van der Waals surface area contributed by atoms with Gasteiger partial charge in [0.25, 0.3) is 0 Å². The standard InChI is InChI=1S/C21H19ClF2N2O3S2/c1-29-19-3-2-14(22)10-20(19)31(27,28)17-4-6-26(7-5-17)21-25-18(12-30-21)13-8-15(23)11-16(24)9-13/h2-3,8-12,17H,4-7H2,1H3. The lowest BCUT2D eigenvalue weighted by Gasteiger charge is -2.31.